The SMILES string of the molecule is C.C.C=C/C=C1/CC(O)CCC1=C.C=C/C=C1\CCCC(O)C1. The number of aliphatic hydroxyl groups excluding tert-OH is 2. The molecule has 0 amide bonds. The number of hydrogen-bond donors (Lipinski definition) is 2. The topological polar surface area (TPSA) is 40.5 Å². The van der Waals surface area contributed by atoms with Crippen LogP contribution in [0.1, 0.15) is 59.8 Å². The average Bonchev–Trinajstić information content (AvgIpc) is 2.44. The molecule has 2 heteroatoms. The Balaban J connectivity index is 0. The zero-order valence-corrected chi connectivity index (χ0v) is 12.9. The van der Waals surface area contributed by atoms with Gasteiger partial charge in [0, 0.05) is 0 Å². The maximum absolute atomic E-state index is 9.31. The standard InChI is InChI=1S/C10H14O.C9H14O.2CH4/c1-3-4-9-7-10(11)6-5-8(9)2;1-2-4-8-5-3-6-9(10)7-8;;/h3-4,10-11H,1-2,5-7H2;2,4,9-10H,1,3,5-7H2;2*1H4/b9-4-;8-4+;;. The van der Waals surface area contributed by atoms with Gasteiger partial charge in [-0.3, -0.25) is 0 Å². The summed E-state index contributed by atoms with van der Waals surface area (Å²) < 4.78 is 0. The van der Waals surface area contributed by atoms with Gasteiger partial charge in [-0.05, 0) is 50.5 Å². The zero-order chi connectivity index (χ0) is 15.7. The number of hydrogen-bond acceptors (Lipinski definition) is 2. The first-order chi connectivity index (χ1) is 10.1. The third-order valence-electron chi connectivity index (χ3n) is 3.89. The average molecular weight is 321 g/mol. The van der Waals surface area contributed by atoms with Gasteiger partial charge in [0.05, 0.1) is 12.2 Å². The van der Waals surface area contributed by atoms with Crippen LogP contribution in [0, 0.1) is 0 Å². The molecule has 2 atom stereocenters. The van der Waals surface area contributed by atoms with Crippen LogP contribution in [0.3, 0.4) is 0 Å². The summed E-state index contributed by atoms with van der Waals surface area (Å²) in [6.07, 6.45) is 13.8. The van der Waals surface area contributed by atoms with Crippen molar-refractivity contribution in [3.05, 3.63) is 60.8 Å². The van der Waals surface area contributed by atoms with Gasteiger partial charge in [-0.25, -0.2) is 0 Å². The monoisotopic (exact) mass is 320 g/mol. The molecule has 0 aromatic heterocycles. The summed E-state index contributed by atoms with van der Waals surface area (Å²) in [5.41, 5.74) is 3.64. The molecule has 2 aliphatic carbocycles. The summed E-state index contributed by atoms with van der Waals surface area (Å²) in [5, 5.41) is 18.5. The van der Waals surface area contributed by atoms with Crippen molar-refractivity contribution in [1.29, 1.82) is 0 Å². The van der Waals surface area contributed by atoms with Crippen molar-refractivity contribution in [2.24, 2.45) is 0 Å². The molecule has 0 aromatic carbocycles. The van der Waals surface area contributed by atoms with E-state index in [0.29, 0.717) is 0 Å². The summed E-state index contributed by atoms with van der Waals surface area (Å²) in [6.45, 7) is 11.2. The van der Waals surface area contributed by atoms with Gasteiger partial charge in [-0.1, -0.05) is 70.0 Å². The lowest BCUT2D eigenvalue weighted by Gasteiger charge is -2.21. The van der Waals surface area contributed by atoms with E-state index in [-0.39, 0.29) is 27.1 Å². The third kappa shape index (κ3) is 9.37. The minimum Gasteiger partial charge on any atom is -0.393 e. The predicted octanol–water partition coefficient (Wildman–Crippen LogP) is 5.51. The second kappa shape index (κ2) is 13.1. The van der Waals surface area contributed by atoms with Crippen LogP contribution in [-0.2, 0) is 0 Å². The molecule has 0 aliphatic heterocycles. The minimum absolute atomic E-state index is 0. The molecular formula is C21H36O2. The van der Waals surface area contributed by atoms with Gasteiger partial charge in [0.15, 0.2) is 0 Å². The Morgan fingerprint density at radius 3 is 2.04 bits per heavy atom. The molecule has 2 nitrogen and oxygen atoms in total. The summed E-state index contributed by atoms with van der Waals surface area (Å²) in [4.78, 5) is 0. The molecule has 0 radical (unpaired) electrons. The second-order valence-electron chi connectivity index (χ2n) is 5.74. The van der Waals surface area contributed by atoms with Crippen molar-refractivity contribution >= 4 is 0 Å². The van der Waals surface area contributed by atoms with E-state index in [1.54, 1.807) is 12.2 Å². The van der Waals surface area contributed by atoms with Crippen LogP contribution in [0.25, 0.3) is 0 Å². The second-order valence-corrected chi connectivity index (χ2v) is 5.74. The fraction of sp³-hybridized carbons (Fsp3) is 0.524. The largest absolute Gasteiger partial charge is 0.393 e. The highest BCUT2D eigenvalue weighted by Gasteiger charge is 2.16. The molecule has 0 bridgehead atoms. The summed E-state index contributed by atoms with van der Waals surface area (Å²) >= 11 is 0. The Labute approximate surface area is 143 Å². The molecule has 0 aromatic rings. The van der Waals surface area contributed by atoms with Crippen molar-refractivity contribution in [2.75, 3.05) is 0 Å². The lowest BCUT2D eigenvalue weighted by atomic mass is 9.88. The molecule has 2 fully saturated rings. The Hall–Kier alpha value is -1.38. The number of allylic oxidation sites excluding steroid dienone is 5. The highest BCUT2D eigenvalue weighted by Crippen LogP contribution is 2.27. The molecule has 2 N–H and O–H groups in total. The number of rotatable bonds is 2. The molecule has 23 heavy (non-hydrogen) atoms. The van der Waals surface area contributed by atoms with Crippen molar-refractivity contribution in [2.45, 2.75) is 72.0 Å². The Morgan fingerprint density at radius 2 is 1.48 bits per heavy atom. The molecule has 2 saturated carbocycles. The molecule has 0 heterocycles. The van der Waals surface area contributed by atoms with E-state index in [0.717, 1.165) is 56.1 Å². The van der Waals surface area contributed by atoms with Crippen molar-refractivity contribution in [3.63, 3.8) is 0 Å². The van der Waals surface area contributed by atoms with Gasteiger partial charge < -0.3 is 10.2 Å². The summed E-state index contributed by atoms with van der Waals surface area (Å²) in [7, 11) is 0. The van der Waals surface area contributed by atoms with E-state index in [2.05, 4.69) is 19.7 Å². The van der Waals surface area contributed by atoms with Crippen LogP contribution in [0.2, 0.25) is 0 Å². The Kier molecular flexibility index (Phi) is 13.6. The van der Waals surface area contributed by atoms with Crippen molar-refractivity contribution in [1.82, 2.24) is 0 Å². The quantitative estimate of drug-likeness (QED) is 0.704. The summed E-state index contributed by atoms with van der Waals surface area (Å²) in [5.74, 6) is 0. The van der Waals surface area contributed by atoms with E-state index in [4.69, 9.17) is 0 Å². The van der Waals surface area contributed by atoms with Gasteiger partial charge in [-0.15, -0.1) is 0 Å². The number of aliphatic hydroxyl groups is 2. The first kappa shape index (κ1) is 23.9. The molecule has 2 rings (SSSR count). The van der Waals surface area contributed by atoms with Gasteiger partial charge in [0.2, 0.25) is 0 Å². The van der Waals surface area contributed by atoms with E-state index in [1.165, 1.54) is 5.57 Å². The van der Waals surface area contributed by atoms with Crippen LogP contribution in [0.5, 0.6) is 0 Å². The van der Waals surface area contributed by atoms with Crippen molar-refractivity contribution in [3.8, 4) is 0 Å². The maximum Gasteiger partial charge on any atom is 0.0583 e. The molecule has 2 aliphatic rings. The van der Waals surface area contributed by atoms with Crippen LogP contribution < -0.4 is 0 Å². The fourth-order valence-electron chi connectivity index (χ4n) is 2.72. The zero-order valence-electron chi connectivity index (χ0n) is 12.9. The highest BCUT2D eigenvalue weighted by molar-refractivity contribution is 5.33. The molecule has 2 unspecified atom stereocenters. The minimum atomic E-state index is -0.174. The van der Waals surface area contributed by atoms with Crippen LogP contribution in [0.15, 0.2) is 60.8 Å². The lowest BCUT2D eigenvalue weighted by Crippen LogP contribution is -2.14. The maximum atomic E-state index is 9.31. The molecule has 132 valence electrons. The van der Waals surface area contributed by atoms with E-state index >= 15 is 0 Å². The van der Waals surface area contributed by atoms with Crippen LogP contribution in [0.4, 0.5) is 0 Å². The van der Waals surface area contributed by atoms with Gasteiger partial charge in [-0.2, -0.15) is 0 Å². The van der Waals surface area contributed by atoms with Gasteiger partial charge in [0.25, 0.3) is 0 Å². The first-order valence-corrected chi connectivity index (χ1v) is 7.73. The fourth-order valence-corrected chi connectivity index (χ4v) is 2.72. The highest BCUT2D eigenvalue weighted by atomic mass is 16.3. The smallest absolute Gasteiger partial charge is 0.0583 e. The van der Waals surface area contributed by atoms with E-state index in [9.17, 15) is 10.2 Å². The van der Waals surface area contributed by atoms with Gasteiger partial charge in [0.1, 0.15) is 0 Å². The molecular weight excluding hydrogens is 284 g/mol. The first-order valence-electron chi connectivity index (χ1n) is 7.73. The van der Waals surface area contributed by atoms with Crippen LogP contribution >= 0.6 is 0 Å². The predicted molar refractivity (Wildman–Crippen MR) is 103 cm³/mol. The van der Waals surface area contributed by atoms with E-state index in [1.807, 2.05) is 12.2 Å². The van der Waals surface area contributed by atoms with Gasteiger partial charge >= 0.3 is 0 Å². The lowest BCUT2D eigenvalue weighted by molar-refractivity contribution is 0.149. The van der Waals surface area contributed by atoms with E-state index < -0.39 is 0 Å². The Bertz CT molecular complexity index is 429. The summed E-state index contributed by atoms with van der Waals surface area (Å²) in [6, 6.07) is 0. The normalized spacial score (nSPS) is 27.1. The molecule has 0 saturated heterocycles. The van der Waals surface area contributed by atoms with Crippen molar-refractivity contribution < 1.29 is 10.2 Å². The Morgan fingerprint density at radius 1 is 0.870 bits per heavy atom. The van der Waals surface area contributed by atoms with Crippen LogP contribution in [-0.4, -0.2) is 22.4 Å². The third-order valence-corrected chi connectivity index (χ3v) is 3.89. The molecule has 0 spiro atoms.